The van der Waals surface area contributed by atoms with Crippen LogP contribution >= 0.6 is 11.3 Å². The Hall–Kier alpha value is -1.93. The molecule has 0 aromatic carbocycles. The molecule has 0 unspecified atom stereocenters. The van der Waals surface area contributed by atoms with Gasteiger partial charge < -0.3 is 19.9 Å². The highest BCUT2D eigenvalue weighted by Gasteiger charge is 2.19. The number of aromatic nitrogens is 3. The van der Waals surface area contributed by atoms with Gasteiger partial charge in [-0.05, 0) is 23.5 Å². The first-order valence-electron chi connectivity index (χ1n) is 5.71. The van der Waals surface area contributed by atoms with Gasteiger partial charge in [-0.2, -0.15) is 0 Å². The van der Waals surface area contributed by atoms with Crippen LogP contribution in [0.2, 0.25) is 0 Å². The zero-order valence-corrected chi connectivity index (χ0v) is 10.8. The van der Waals surface area contributed by atoms with Crippen LogP contribution in [0.15, 0.2) is 18.3 Å². The molecule has 1 saturated heterocycles. The Morgan fingerprint density at radius 3 is 2.84 bits per heavy atom. The van der Waals surface area contributed by atoms with E-state index in [2.05, 4.69) is 15.2 Å². The molecule has 3 heterocycles. The Morgan fingerprint density at radius 2 is 2.26 bits per heavy atom. The van der Waals surface area contributed by atoms with Crippen LogP contribution in [0.1, 0.15) is 5.69 Å². The molecule has 0 amide bonds. The van der Waals surface area contributed by atoms with Gasteiger partial charge in [0.25, 0.3) is 5.19 Å². The van der Waals surface area contributed by atoms with Gasteiger partial charge in [0.05, 0.1) is 25.1 Å². The van der Waals surface area contributed by atoms with E-state index >= 15 is 0 Å². The summed E-state index contributed by atoms with van der Waals surface area (Å²) >= 11 is 1.20. The number of rotatable bonds is 5. The number of anilines is 1. The Kier molecular flexibility index (Phi) is 3.43. The first-order chi connectivity index (χ1) is 9.29. The van der Waals surface area contributed by atoms with Crippen LogP contribution in [0.25, 0.3) is 0 Å². The van der Waals surface area contributed by atoms with Gasteiger partial charge in [-0.3, -0.25) is 4.98 Å². The van der Waals surface area contributed by atoms with E-state index in [1.165, 1.54) is 11.3 Å². The lowest BCUT2D eigenvalue weighted by Gasteiger charge is -2.26. The van der Waals surface area contributed by atoms with Crippen LogP contribution in [-0.2, 0) is 11.3 Å². The summed E-state index contributed by atoms with van der Waals surface area (Å²) in [6, 6.07) is 3.71. The molecule has 100 valence electrons. The average Bonchev–Trinajstić information content (AvgIpc) is 2.79. The molecule has 3 rings (SSSR count). The van der Waals surface area contributed by atoms with Gasteiger partial charge in [-0.1, -0.05) is 5.10 Å². The second-order valence-corrected chi connectivity index (χ2v) is 4.93. The van der Waals surface area contributed by atoms with E-state index in [1.807, 2.05) is 12.1 Å². The van der Waals surface area contributed by atoms with Crippen LogP contribution in [0.3, 0.4) is 0 Å². The fraction of sp³-hybridized carbons (Fsp3) is 0.364. The lowest BCUT2D eigenvalue weighted by Crippen LogP contribution is -2.38. The van der Waals surface area contributed by atoms with Crippen molar-refractivity contribution >= 4 is 16.5 Å². The van der Waals surface area contributed by atoms with Crippen molar-refractivity contribution in [2.75, 3.05) is 18.9 Å². The van der Waals surface area contributed by atoms with Crippen molar-refractivity contribution in [3.05, 3.63) is 24.0 Å². The fourth-order valence-electron chi connectivity index (χ4n) is 1.45. The summed E-state index contributed by atoms with van der Waals surface area (Å²) in [6.07, 6.45) is 1.82. The van der Waals surface area contributed by atoms with E-state index in [9.17, 15) is 0 Å². The van der Waals surface area contributed by atoms with Crippen molar-refractivity contribution in [2.45, 2.75) is 12.7 Å². The number of nitrogens with zero attached hydrogens (tertiary/aromatic N) is 3. The summed E-state index contributed by atoms with van der Waals surface area (Å²) < 4.78 is 16.0. The summed E-state index contributed by atoms with van der Waals surface area (Å²) in [7, 11) is 0. The molecular weight excluding hydrogens is 268 g/mol. The third kappa shape index (κ3) is 3.09. The molecule has 2 aromatic rings. The van der Waals surface area contributed by atoms with E-state index < -0.39 is 0 Å². The normalized spacial score (nSPS) is 14.9. The molecule has 0 aliphatic carbocycles. The Bertz CT molecular complexity index is 541. The smallest absolute Gasteiger partial charge is 0.296 e. The van der Waals surface area contributed by atoms with Gasteiger partial charge in [0, 0.05) is 0 Å². The van der Waals surface area contributed by atoms with Crippen LogP contribution in [0.5, 0.6) is 10.9 Å². The van der Waals surface area contributed by atoms with Gasteiger partial charge in [0.15, 0.2) is 0 Å². The Labute approximate surface area is 113 Å². The number of ether oxygens (including phenoxy) is 3. The van der Waals surface area contributed by atoms with E-state index in [-0.39, 0.29) is 6.10 Å². The second kappa shape index (κ2) is 5.37. The zero-order valence-electron chi connectivity index (χ0n) is 9.98. The van der Waals surface area contributed by atoms with Crippen LogP contribution in [0, 0.1) is 0 Å². The number of hydrogen-bond donors (Lipinski definition) is 1. The lowest BCUT2D eigenvalue weighted by molar-refractivity contribution is -0.0798. The third-order valence-corrected chi connectivity index (χ3v) is 3.14. The van der Waals surface area contributed by atoms with Gasteiger partial charge in [0.2, 0.25) is 5.13 Å². The molecule has 0 radical (unpaired) electrons. The molecular formula is C11H12N4O3S. The highest BCUT2D eigenvalue weighted by atomic mass is 32.1. The molecule has 0 bridgehead atoms. The molecule has 0 atom stereocenters. The third-order valence-electron chi connectivity index (χ3n) is 2.47. The zero-order chi connectivity index (χ0) is 13.1. The van der Waals surface area contributed by atoms with Crippen molar-refractivity contribution < 1.29 is 14.2 Å². The Morgan fingerprint density at radius 1 is 1.37 bits per heavy atom. The van der Waals surface area contributed by atoms with E-state index in [0.717, 1.165) is 11.4 Å². The summed E-state index contributed by atoms with van der Waals surface area (Å²) in [4.78, 5) is 4.25. The predicted octanol–water partition coefficient (Wildman–Crippen LogP) is 0.872. The summed E-state index contributed by atoms with van der Waals surface area (Å²) in [5.74, 6) is 0.734. The minimum absolute atomic E-state index is 0.147. The molecule has 19 heavy (non-hydrogen) atoms. The van der Waals surface area contributed by atoms with Gasteiger partial charge in [0.1, 0.15) is 18.5 Å². The van der Waals surface area contributed by atoms with Gasteiger partial charge >= 0.3 is 0 Å². The lowest BCUT2D eigenvalue weighted by atomic mass is 10.3. The first kappa shape index (κ1) is 12.1. The number of pyridine rings is 1. The topological polar surface area (TPSA) is 92.4 Å². The summed E-state index contributed by atoms with van der Waals surface area (Å²) in [5.41, 5.74) is 6.24. The fourth-order valence-corrected chi connectivity index (χ4v) is 1.92. The molecule has 7 nitrogen and oxygen atoms in total. The highest BCUT2D eigenvalue weighted by molar-refractivity contribution is 7.16. The maximum atomic E-state index is 5.61. The second-order valence-electron chi connectivity index (χ2n) is 3.96. The van der Waals surface area contributed by atoms with Crippen molar-refractivity contribution in [3.63, 3.8) is 0 Å². The minimum atomic E-state index is 0.147. The van der Waals surface area contributed by atoms with E-state index in [1.54, 1.807) is 6.20 Å². The standard InChI is InChI=1S/C11H12N4O3S/c12-10-14-15-11(19-10)17-4-7-1-2-8(3-13-7)18-9-5-16-6-9/h1-3,9H,4-6H2,(H2,12,14). The van der Waals surface area contributed by atoms with Gasteiger partial charge in [-0.15, -0.1) is 5.10 Å². The SMILES string of the molecule is Nc1nnc(OCc2ccc(OC3COC3)cn2)s1. The molecule has 2 N–H and O–H groups in total. The van der Waals surface area contributed by atoms with Crippen molar-refractivity contribution in [2.24, 2.45) is 0 Å². The summed E-state index contributed by atoms with van der Waals surface area (Å²) in [6.45, 7) is 1.61. The predicted molar refractivity (Wildman–Crippen MR) is 68.1 cm³/mol. The van der Waals surface area contributed by atoms with Crippen LogP contribution in [0.4, 0.5) is 5.13 Å². The number of nitrogens with two attached hydrogens (primary N) is 1. The van der Waals surface area contributed by atoms with E-state index in [0.29, 0.717) is 30.1 Å². The molecule has 0 saturated carbocycles. The largest absolute Gasteiger partial charge is 0.484 e. The van der Waals surface area contributed by atoms with E-state index in [4.69, 9.17) is 19.9 Å². The maximum absolute atomic E-state index is 5.61. The molecule has 2 aromatic heterocycles. The molecule has 1 fully saturated rings. The van der Waals surface area contributed by atoms with Gasteiger partial charge in [-0.25, -0.2) is 0 Å². The first-order valence-corrected chi connectivity index (χ1v) is 6.52. The molecule has 0 spiro atoms. The molecule has 8 heteroatoms. The maximum Gasteiger partial charge on any atom is 0.296 e. The monoisotopic (exact) mass is 280 g/mol. The average molecular weight is 280 g/mol. The van der Waals surface area contributed by atoms with Crippen molar-refractivity contribution in [3.8, 4) is 10.9 Å². The quantitative estimate of drug-likeness (QED) is 0.868. The number of hydrogen-bond acceptors (Lipinski definition) is 8. The number of nitrogen functional groups attached to an aromatic ring is 1. The molecule has 1 aliphatic heterocycles. The summed E-state index contributed by atoms with van der Waals surface area (Å²) in [5, 5.41) is 8.24. The van der Waals surface area contributed by atoms with Crippen LogP contribution < -0.4 is 15.2 Å². The highest BCUT2D eigenvalue weighted by Crippen LogP contribution is 2.20. The van der Waals surface area contributed by atoms with Crippen LogP contribution in [-0.4, -0.2) is 34.5 Å². The van der Waals surface area contributed by atoms with Crippen molar-refractivity contribution in [1.29, 1.82) is 0 Å². The minimum Gasteiger partial charge on any atom is -0.484 e. The molecule has 1 aliphatic rings. The Balaban J connectivity index is 1.53. The van der Waals surface area contributed by atoms with Crippen molar-refractivity contribution in [1.82, 2.24) is 15.2 Å².